The van der Waals surface area contributed by atoms with E-state index in [2.05, 4.69) is 27.9 Å². The molecule has 1 N–H and O–H groups in total. The normalized spacial score (nSPS) is 10.9. The Morgan fingerprint density at radius 3 is 2.39 bits per heavy atom. The highest BCUT2D eigenvalue weighted by molar-refractivity contribution is 14.1. The first kappa shape index (κ1) is 13.5. The van der Waals surface area contributed by atoms with Crippen LogP contribution < -0.4 is 5.32 Å². The largest absolute Gasteiger partial charge is 0.454 e. The summed E-state index contributed by atoms with van der Waals surface area (Å²) in [7, 11) is 0. The summed E-state index contributed by atoms with van der Waals surface area (Å²) in [4.78, 5) is 0. The van der Waals surface area contributed by atoms with Gasteiger partial charge in [0.1, 0.15) is 11.6 Å². The molecule has 4 heteroatoms. The Labute approximate surface area is 120 Å². The fourth-order valence-electron chi connectivity index (χ4n) is 1.91. The molecular formula is C14H15FINO. The van der Waals surface area contributed by atoms with Crippen LogP contribution in [-0.2, 0) is 13.1 Å². The maximum absolute atomic E-state index is 13.5. The summed E-state index contributed by atoms with van der Waals surface area (Å²) in [6.45, 7) is 4.97. The van der Waals surface area contributed by atoms with Crippen molar-refractivity contribution in [2.75, 3.05) is 0 Å². The molecule has 96 valence electrons. The molecule has 0 amide bonds. The minimum atomic E-state index is -0.112. The average molecular weight is 359 g/mol. The maximum Gasteiger partial charge on any atom is 0.164 e. The van der Waals surface area contributed by atoms with E-state index in [1.54, 1.807) is 13.8 Å². The van der Waals surface area contributed by atoms with Gasteiger partial charge in [0.2, 0.25) is 0 Å². The Morgan fingerprint density at radius 1 is 1.17 bits per heavy atom. The molecule has 0 aliphatic rings. The molecule has 0 unspecified atom stereocenters. The van der Waals surface area contributed by atoms with Gasteiger partial charge < -0.3 is 9.73 Å². The average Bonchev–Trinajstić information content (AvgIpc) is 2.72. The Kier molecular flexibility index (Phi) is 4.40. The van der Waals surface area contributed by atoms with Crippen LogP contribution in [-0.4, -0.2) is 0 Å². The van der Waals surface area contributed by atoms with Gasteiger partial charge in [-0.3, -0.25) is 0 Å². The smallest absolute Gasteiger partial charge is 0.164 e. The molecule has 0 aliphatic carbocycles. The number of benzene rings is 1. The Balaban J connectivity index is 1.94. The number of rotatable bonds is 4. The number of hydrogen-bond acceptors (Lipinski definition) is 2. The summed E-state index contributed by atoms with van der Waals surface area (Å²) in [6, 6.07) is 7.64. The molecule has 1 heterocycles. The lowest BCUT2D eigenvalue weighted by Crippen LogP contribution is -2.12. The van der Waals surface area contributed by atoms with Crippen molar-refractivity contribution < 1.29 is 8.81 Å². The molecule has 0 saturated carbocycles. The van der Waals surface area contributed by atoms with Crippen LogP contribution in [0.4, 0.5) is 4.39 Å². The summed E-state index contributed by atoms with van der Waals surface area (Å²) in [5.41, 5.74) is 2.48. The van der Waals surface area contributed by atoms with Gasteiger partial charge in [0.15, 0.2) is 3.77 Å². The van der Waals surface area contributed by atoms with Gasteiger partial charge in [-0.25, -0.2) is 4.39 Å². The number of furan rings is 1. The van der Waals surface area contributed by atoms with Crippen LogP contribution in [0.3, 0.4) is 0 Å². The Hall–Kier alpha value is -0.880. The van der Waals surface area contributed by atoms with Crippen LogP contribution in [0.2, 0.25) is 0 Å². The van der Waals surface area contributed by atoms with Gasteiger partial charge in [0.05, 0.1) is 6.54 Å². The summed E-state index contributed by atoms with van der Waals surface area (Å²) >= 11 is 2.14. The molecule has 0 spiro atoms. The number of aryl methyl sites for hydroxylation is 2. The van der Waals surface area contributed by atoms with E-state index in [0.717, 1.165) is 15.1 Å². The van der Waals surface area contributed by atoms with E-state index in [1.165, 1.54) is 0 Å². The second-order valence-electron chi connectivity index (χ2n) is 4.35. The third kappa shape index (κ3) is 3.32. The first-order valence-corrected chi connectivity index (χ1v) is 6.84. The van der Waals surface area contributed by atoms with Crippen LogP contribution in [0.15, 0.2) is 28.7 Å². The zero-order chi connectivity index (χ0) is 13.1. The van der Waals surface area contributed by atoms with Crippen LogP contribution in [0.5, 0.6) is 0 Å². The first-order chi connectivity index (χ1) is 8.56. The highest BCUT2D eigenvalue weighted by atomic mass is 127. The Morgan fingerprint density at radius 2 is 1.83 bits per heavy atom. The van der Waals surface area contributed by atoms with Crippen molar-refractivity contribution in [3.8, 4) is 0 Å². The van der Waals surface area contributed by atoms with Crippen molar-refractivity contribution in [2.24, 2.45) is 0 Å². The van der Waals surface area contributed by atoms with E-state index in [4.69, 9.17) is 4.42 Å². The summed E-state index contributed by atoms with van der Waals surface area (Å²) < 4.78 is 19.8. The quantitative estimate of drug-likeness (QED) is 0.837. The second kappa shape index (κ2) is 5.84. The fourth-order valence-corrected chi connectivity index (χ4v) is 2.38. The monoisotopic (exact) mass is 359 g/mol. The van der Waals surface area contributed by atoms with E-state index in [0.29, 0.717) is 24.2 Å². The molecule has 18 heavy (non-hydrogen) atoms. The molecule has 0 atom stereocenters. The Bertz CT molecular complexity index is 527. The topological polar surface area (TPSA) is 25.2 Å². The SMILES string of the molecule is Cc1cc(CNCc2ccc(I)o2)cc(C)c1F. The molecule has 0 fully saturated rings. The molecule has 1 aromatic carbocycles. The molecule has 1 aromatic heterocycles. The minimum Gasteiger partial charge on any atom is -0.454 e. The molecular weight excluding hydrogens is 344 g/mol. The number of hydrogen-bond donors (Lipinski definition) is 1. The van der Waals surface area contributed by atoms with Gasteiger partial charge in [-0.05, 0) is 65.3 Å². The highest BCUT2D eigenvalue weighted by Gasteiger charge is 2.04. The standard InChI is InChI=1S/C14H15FINO/c1-9-5-11(6-10(2)14(9)15)7-17-8-12-3-4-13(16)18-12/h3-6,17H,7-8H2,1-2H3. The van der Waals surface area contributed by atoms with E-state index in [1.807, 2.05) is 24.3 Å². The van der Waals surface area contributed by atoms with Crippen molar-refractivity contribution >= 4 is 22.6 Å². The maximum atomic E-state index is 13.5. The van der Waals surface area contributed by atoms with Gasteiger partial charge in [0, 0.05) is 6.54 Å². The van der Waals surface area contributed by atoms with Gasteiger partial charge in [-0.1, -0.05) is 12.1 Å². The lowest BCUT2D eigenvalue weighted by molar-refractivity contribution is 0.463. The predicted molar refractivity (Wildman–Crippen MR) is 77.8 cm³/mol. The zero-order valence-electron chi connectivity index (χ0n) is 10.4. The van der Waals surface area contributed by atoms with Crippen LogP contribution >= 0.6 is 22.6 Å². The van der Waals surface area contributed by atoms with Crippen molar-refractivity contribution in [2.45, 2.75) is 26.9 Å². The van der Waals surface area contributed by atoms with E-state index in [9.17, 15) is 4.39 Å². The molecule has 0 radical (unpaired) electrons. The summed E-state index contributed by atoms with van der Waals surface area (Å²) in [5.74, 6) is 0.800. The molecule has 0 bridgehead atoms. The molecule has 2 rings (SSSR count). The van der Waals surface area contributed by atoms with Crippen LogP contribution in [0.1, 0.15) is 22.5 Å². The third-order valence-corrected chi connectivity index (χ3v) is 3.33. The number of halogens is 2. The second-order valence-corrected chi connectivity index (χ2v) is 5.42. The highest BCUT2D eigenvalue weighted by Crippen LogP contribution is 2.15. The van der Waals surface area contributed by atoms with E-state index in [-0.39, 0.29) is 5.82 Å². The predicted octanol–water partition coefficient (Wildman–Crippen LogP) is 3.93. The molecule has 0 aliphatic heterocycles. The number of nitrogens with one attached hydrogen (secondary N) is 1. The van der Waals surface area contributed by atoms with E-state index >= 15 is 0 Å². The molecule has 2 aromatic rings. The van der Waals surface area contributed by atoms with Gasteiger partial charge in [0.25, 0.3) is 0 Å². The fraction of sp³-hybridized carbons (Fsp3) is 0.286. The van der Waals surface area contributed by atoms with Crippen LogP contribution in [0, 0.1) is 23.4 Å². The summed E-state index contributed by atoms with van der Waals surface area (Å²) in [5, 5.41) is 3.29. The third-order valence-electron chi connectivity index (χ3n) is 2.75. The van der Waals surface area contributed by atoms with Gasteiger partial charge in [-0.2, -0.15) is 0 Å². The van der Waals surface area contributed by atoms with Crippen molar-refractivity contribution in [3.63, 3.8) is 0 Å². The van der Waals surface area contributed by atoms with E-state index < -0.39 is 0 Å². The summed E-state index contributed by atoms with van der Waals surface area (Å²) in [6.07, 6.45) is 0. The van der Waals surface area contributed by atoms with Crippen LogP contribution in [0.25, 0.3) is 0 Å². The van der Waals surface area contributed by atoms with Crippen molar-refractivity contribution in [1.29, 1.82) is 0 Å². The van der Waals surface area contributed by atoms with Crippen molar-refractivity contribution in [3.05, 3.63) is 56.3 Å². The minimum absolute atomic E-state index is 0.112. The molecule has 0 saturated heterocycles. The lowest BCUT2D eigenvalue weighted by atomic mass is 10.1. The lowest BCUT2D eigenvalue weighted by Gasteiger charge is -2.07. The first-order valence-electron chi connectivity index (χ1n) is 5.77. The van der Waals surface area contributed by atoms with Crippen molar-refractivity contribution in [1.82, 2.24) is 5.32 Å². The molecule has 2 nitrogen and oxygen atoms in total. The zero-order valence-corrected chi connectivity index (χ0v) is 12.5. The van der Waals surface area contributed by atoms with Gasteiger partial charge >= 0.3 is 0 Å². The van der Waals surface area contributed by atoms with Gasteiger partial charge in [-0.15, -0.1) is 0 Å².